The first-order valence-electron chi connectivity index (χ1n) is 12.4. The van der Waals surface area contributed by atoms with Crippen molar-refractivity contribution in [1.82, 2.24) is 19.9 Å². The molecule has 2 aliphatic rings. The molecule has 3 heterocycles. The molecule has 2 unspecified atom stereocenters. The molecule has 0 aliphatic carbocycles. The number of likely N-dealkylation sites (tertiary alicyclic amines) is 1. The highest BCUT2D eigenvalue weighted by Gasteiger charge is 2.33. The second-order valence-corrected chi connectivity index (χ2v) is 8.93. The molecule has 1 saturated heterocycles. The Kier molecular flexibility index (Phi) is 10.4. The van der Waals surface area contributed by atoms with Gasteiger partial charge in [-0.3, -0.25) is 9.74 Å². The monoisotopic (exact) mass is 456 g/mol. The fourth-order valence-electron chi connectivity index (χ4n) is 4.67. The van der Waals surface area contributed by atoms with Crippen LogP contribution in [0.4, 0.5) is 0 Å². The standard InChI is InChI=1S/C19H23N3O2.C7H17NO/c23-9-8-22-13-16(12-17(22)2-4-19-20-6-7-21-19)14-1-3-18-15(11-14)5-10-24-18;1-4-6-8(3)9-7-5-2/h1,3,6-7,9,11,16-17H,2,4-5,8,10,12-13H2,(H,20,21);4-7H2,1-3H3. The van der Waals surface area contributed by atoms with Crippen LogP contribution in [-0.4, -0.2) is 72.2 Å². The predicted molar refractivity (Wildman–Crippen MR) is 130 cm³/mol. The molecule has 0 amide bonds. The lowest BCUT2D eigenvalue weighted by Gasteiger charge is -2.21. The average molecular weight is 457 g/mol. The van der Waals surface area contributed by atoms with Crippen molar-refractivity contribution >= 4 is 6.29 Å². The summed E-state index contributed by atoms with van der Waals surface area (Å²) in [5, 5.41) is 1.89. The summed E-state index contributed by atoms with van der Waals surface area (Å²) in [6.45, 7) is 8.41. The molecule has 2 atom stereocenters. The average Bonchev–Trinajstić information content (AvgIpc) is 3.57. The molecule has 1 aromatic heterocycles. The van der Waals surface area contributed by atoms with Gasteiger partial charge in [-0.15, -0.1) is 0 Å². The van der Waals surface area contributed by atoms with Crippen LogP contribution >= 0.6 is 0 Å². The molecule has 0 bridgehead atoms. The molecule has 7 nitrogen and oxygen atoms in total. The SMILES string of the molecule is CCCON(C)CCC.O=CCN1CC(c2ccc3c(c2)CCO3)CC1CCc1ncc[nH]1. The summed E-state index contributed by atoms with van der Waals surface area (Å²) in [4.78, 5) is 26.1. The van der Waals surface area contributed by atoms with Crippen molar-refractivity contribution in [3.05, 3.63) is 47.5 Å². The lowest BCUT2D eigenvalue weighted by Crippen LogP contribution is -2.31. The molecule has 0 spiro atoms. The Morgan fingerprint density at radius 2 is 2.21 bits per heavy atom. The molecule has 7 heteroatoms. The summed E-state index contributed by atoms with van der Waals surface area (Å²) in [6.07, 6.45) is 11.0. The van der Waals surface area contributed by atoms with Crippen LogP contribution in [0.3, 0.4) is 0 Å². The third-order valence-electron chi connectivity index (χ3n) is 6.35. The fraction of sp³-hybridized carbons (Fsp3) is 0.615. The number of aldehydes is 1. The minimum Gasteiger partial charge on any atom is -0.493 e. The number of hydrogen-bond acceptors (Lipinski definition) is 6. The minimum absolute atomic E-state index is 0.440. The summed E-state index contributed by atoms with van der Waals surface area (Å²) in [6, 6.07) is 7.05. The third-order valence-corrected chi connectivity index (χ3v) is 6.35. The van der Waals surface area contributed by atoms with Gasteiger partial charge in [-0.25, -0.2) is 4.98 Å². The Labute approximate surface area is 198 Å². The van der Waals surface area contributed by atoms with Gasteiger partial charge >= 0.3 is 0 Å². The van der Waals surface area contributed by atoms with Crippen LogP contribution in [0.15, 0.2) is 30.6 Å². The molecule has 33 heavy (non-hydrogen) atoms. The summed E-state index contributed by atoms with van der Waals surface area (Å²) >= 11 is 0. The van der Waals surface area contributed by atoms with E-state index in [0.717, 1.165) is 82.7 Å². The van der Waals surface area contributed by atoms with Crippen LogP contribution in [0.2, 0.25) is 0 Å². The normalized spacial score (nSPS) is 19.8. The Morgan fingerprint density at radius 3 is 2.94 bits per heavy atom. The smallest absolute Gasteiger partial charge is 0.133 e. The highest BCUT2D eigenvalue weighted by atomic mass is 16.7. The van der Waals surface area contributed by atoms with Crippen molar-refractivity contribution < 1.29 is 14.4 Å². The molecule has 2 aliphatic heterocycles. The highest BCUT2D eigenvalue weighted by molar-refractivity contribution is 5.52. The van der Waals surface area contributed by atoms with E-state index in [1.807, 2.05) is 18.3 Å². The van der Waals surface area contributed by atoms with Gasteiger partial charge in [-0.05, 0) is 48.8 Å². The van der Waals surface area contributed by atoms with Gasteiger partial charge < -0.3 is 14.5 Å². The van der Waals surface area contributed by atoms with Crippen LogP contribution in [0.1, 0.15) is 62.4 Å². The molecule has 1 fully saturated rings. The predicted octanol–water partition coefficient (Wildman–Crippen LogP) is 4.00. The number of hydrogen-bond donors (Lipinski definition) is 1. The van der Waals surface area contributed by atoms with Crippen LogP contribution in [0, 0.1) is 0 Å². The minimum atomic E-state index is 0.440. The van der Waals surface area contributed by atoms with E-state index in [2.05, 4.69) is 46.9 Å². The second kappa shape index (κ2) is 13.5. The van der Waals surface area contributed by atoms with E-state index in [9.17, 15) is 4.79 Å². The van der Waals surface area contributed by atoms with E-state index in [0.29, 0.717) is 18.5 Å². The largest absolute Gasteiger partial charge is 0.493 e. The van der Waals surface area contributed by atoms with E-state index in [1.165, 1.54) is 11.1 Å². The zero-order valence-corrected chi connectivity index (χ0v) is 20.5. The van der Waals surface area contributed by atoms with Gasteiger partial charge in [0.15, 0.2) is 0 Å². The van der Waals surface area contributed by atoms with Crippen molar-refractivity contribution in [2.24, 2.45) is 0 Å². The molecular weight excluding hydrogens is 416 g/mol. The number of imidazole rings is 1. The number of aromatic amines is 1. The maximum absolute atomic E-state index is 11.1. The summed E-state index contributed by atoms with van der Waals surface area (Å²) in [5.74, 6) is 2.56. The molecule has 1 N–H and O–H groups in total. The Hall–Kier alpha value is -2.22. The fourth-order valence-corrected chi connectivity index (χ4v) is 4.67. The maximum Gasteiger partial charge on any atom is 0.133 e. The number of nitrogens with zero attached hydrogens (tertiary/aromatic N) is 3. The number of aromatic nitrogens is 2. The number of aryl methyl sites for hydroxylation is 1. The van der Waals surface area contributed by atoms with E-state index in [-0.39, 0.29) is 0 Å². The van der Waals surface area contributed by atoms with Gasteiger partial charge in [0, 0.05) is 51.4 Å². The number of carbonyl (C=O) groups is 1. The van der Waals surface area contributed by atoms with Gasteiger partial charge in [-0.1, -0.05) is 26.0 Å². The first kappa shape index (κ1) is 25.4. The molecular formula is C26H40N4O3. The van der Waals surface area contributed by atoms with Gasteiger partial charge in [-0.2, -0.15) is 5.06 Å². The maximum atomic E-state index is 11.1. The molecule has 182 valence electrons. The molecule has 1 aromatic carbocycles. The number of rotatable bonds is 11. The van der Waals surface area contributed by atoms with Crippen LogP contribution in [-0.2, 0) is 22.5 Å². The summed E-state index contributed by atoms with van der Waals surface area (Å²) in [5.41, 5.74) is 2.71. The Morgan fingerprint density at radius 1 is 1.33 bits per heavy atom. The number of benzene rings is 1. The molecule has 0 radical (unpaired) electrons. The van der Waals surface area contributed by atoms with E-state index < -0.39 is 0 Å². The van der Waals surface area contributed by atoms with E-state index >= 15 is 0 Å². The lowest BCUT2D eigenvalue weighted by molar-refractivity contribution is -0.139. The number of carbonyl (C=O) groups excluding carboxylic acids is 1. The van der Waals surface area contributed by atoms with Crippen molar-refractivity contribution in [3.8, 4) is 5.75 Å². The first-order chi connectivity index (χ1) is 16.1. The van der Waals surface area contributed by atoms with E-state index in [4.69, 9.17) is 9.57 Å². The van der Waals surface area contributed by atoms with Gasteiger partial charge in [0.2, 0.25) is 0 Å². The zero-order chi connectivity index (χ0) is 23.5. The number of fused-ring (bicyclic) bond motifs is 1. The number of H-pyrrole nitrogens is 1. The van der Waals surface area contributed by atoms with Crippen molar-refractivity contribution in [1.29, 1.82) is 0 Å². The number of ether oxygens (including phenoxy) is 1. The number of nitrogens with one attached hydrogen (secondary N) is 1. The summed E-state index contributed by atoms with van der Waals surface area (Å²) in [7, 11) is 1.97. The zero-order valence-electron chi connectivity index (χ0n) is 20.5. The van der Waals surface area contributed by atoms with Crippen LogP contribution < -0.4 is 4.74 Å². The Balaban J connectivity index is 0.000000292. The van der Waals surface area contributed by atoms with Crippen LogP contribution in [0.25, 0.3) is 0 Å². The third kappa shape index (κ3) is 7.66. The number of hydroxylamine groups is 2. The lowest BCUT2D eigenvalue weighted by atomic mass is 9.93. The highest BCUT2D eigenvalue weighted by Crippen LogP contribution is 2.36. The second-order valence-electron chi connectivity index (χ2n) is 8.93. The van der Waals surface area contributed by atoms with Crippen molar-refractivity contribution in [2.45, 2.75) is 64.3 Å². The van der Waals surface area contributed by atoms with Crippen LogP contribution in [0.5, 0.6) is 5.75 Å². The first-order valence-corrected chi connectivity index (χ1v) is 12.4. The topological polar surface area (TPSA) is 70.7 Å². The van der Waals surface area contributed by atoms with E-state index in [1.54, 1.807) is 6.20 Å². The van der Waals surface area contributed by atoms with Gasteiger partial charge in [0.05, 0.1) is 19.8 Å². The molecule has 0 saturated carbocycles. The molecule has 2 aromatic rings. The Bertz CT molecular complexity index is 827. The van der Waals surface area contributed by atoms with Crippen molar-refractivity contribution in [2.75, 3.05) is 39.9 Å². The summed E-state index contributed by atoms with van der Waals surface area (Å²) < 4.78 is 5.61. The van der Waals surface area contributed by atoms with Crippen molar-refractivity contribution in [3.63, 3.8) is 0 Å². The quantitative estimate of drug-likeness (QED) is 0.407. The van der Waals surface area contributed by atoms with Gasteiger partial charge in [0.1, 0.15) is 17.9 Å². The molecule has 4 rings (SSSR count). The van der Waals surface area contributed by atoms with Gasteiger partial charge in [0.25, 0.3) is 0 Å².